The number of nitrogens with one attached hydrogen (secondary N) is 1. The van der Waals surface area contributed by atoms with Gasteiger partial charge in [0.2, 0.25) is 0 Å². The highest BCUT2D eigenvalue weighted by molar-refractivity contribution is 6.32. The average molecular weight is 266 g/mol. The Hall–Kier alpha value is -1.22. The average Bonchev–Trinajstić information content (AvgIpc) is 3.22. The molecule has 0 heterocycles. The number of hydrogen-bond acceptors (Lipinski definition) is 2. The van der Waals surface area contributed by atoms with Crippen LogP contribution in [0.3, 0.4) is 0 Å². The highest BCUT2D eigenvalue weighted by Gasteiger charge is 2.42. The maximum absolute atomic E-state index is 12.1. The first-order chi connectivity index (χ1) is 8.65. The lowest BCUT2D eigenvalue weighted by molar-refractivity contribution is 0.0926. The molecule has 3 nitrogen and oxygen atoms in total. The molecule has 0 aromatic heterocycles. The van der Waals surface area contributed by atoms with Gasteiger partial charge in [-0.1, -0.05) is 11.6 Å². The molecule has 0 bridgehead atoms. The highest BCUT2D eigenvalue weighted by Crippen LogP contribution is 2.44. The normalized spacial score (nSPS) is 19.0. The van der Waals surface area contributed by atoms with Gasteiger partial charge in [-0.2, -0.15) is 0 Å². The van der Waals surface area contributed by atoms with E-state index in [4.69, 9.17) is 11.6 Å². The van der Waals surface area contributed by atoms with E-state index in [0.717, 1.165) is 0 Å². The zero-order valence-corrected chi connectivity index (χ0v) is 10.8. The summed E-state index contributed by atoms with van der Waals surface area (Å²) in [5.74, 6) is 1.28. The maximum atomic E-state index is 12.1. The number of carbonyl (C=O) groups is 1. The fraction of sp³-hybridized carbons (Fsp3) is 0.500. The number of hydrogen-bond donors (Lipinski definition) is 2. The van der Waals surface area contributed by atoms with Crippen molar-refractivity contribution in [1.29, 1.82) is 0 Å². The summed E-state index contributed by atoms with van der Waals surface area (Å²) in [5, 5.41) is 12.7. The second kappa shape index (κ2) is 4.47. The zero-order valence-electron chi connectivity index (χ0n) is 10.0. The van der Waals surface area contributed by atoms with Gasteiger partial charge in [0.1, 0.15) is 5.75 Å². The van der Waals surface area contributed by atoms with Crippen molar-refractivity contribution in [3.8, 4) is 5.75 Å². The van der Waals surface area contributed by atoms with Crippen LogP contribution in [-0.4, -0.2) is 17.1 Å². The van der Waals surface area contributed by atoms with E-state index >= 15 is 0 Å². The number of carbonyl (C=O) groups excluding carboxylic acids is 1. The molecular formula is C14H16ClNO2. The Morgan fingerprint density at radius 3 is 2.39 bits per heavy atom. The summed E-state index contributed by atoms with van der Waals surface area (Å²) in [7, 11) is 0. The summed E-state index contributed by atoms with van der Waals surface area (Å²) < 4.78 is 0. The van der Waals surface area contributed by atoms with Crippen LogP contribution in [-0.2, 0) is 0 Å². The Bertz CT molecular complexity index is 469. The Labute approximate surface area is 111 Å². The minimum Gasteiger partial charge on any atom is -0.506 e. The number of benzene rings is 1. The number of rotatable bonds is 4. The lowest BCUT2D eigenvalue weighted by Crippen LogP contribution is -2.38. The number of halogens is 1. The van der Waals surface area contributed by atoms with Crippen LogP contribution in [0.2, 0.25) is 5.02 Å². The molecule has 0 radical (unpaired) electrons. The summed E-state index contributed by atoms with van der Waals surface area (Å²) >= 11 is 5.81. The van der Waals surface area contributed by atoms with Crippen molar-refractivity contribution < 1.29 is 9.90 Å². The van der Waals surface area contributed by atoms with Crippen molar-refractivity contribution in [2.75, 3.05) is 0 Å². The van der Waals surface area contributed by atoms with Gasteiger partial charge in [0.05, 0.1) is 5.02 Å². The van der Waals surface area contributed by atoms with Gasteiger partial charge < -0.3 is 10.4 Å². The monoisotopic (exact) mass is 265 g/mol. The summed E-state index contributed by atoms with van der Waals surface area (Å²) in [5.41, 5.74) is 0.518. The Morgan fingerprint density at radius 2 is 1.89 bits per heavy atom. The molecule has 18 heavy (non-hydrogen) atoms. The first-order valence-corrected chi connectivity index (χ1v) is 6.82. The number of phenols is 1. The maximum Gasteiger partial charge on any atom is 0.251 e. The van der Waals surface area contributed by atoms with E-state index < -0.39 is 0 Å². The van der Waals surface area contributed by atoms with E-state index in [1.165, 1.54) is 37.8 Å². The standard InChI is InChI=1S/C14H16ClNO2/c15-11-7-10(5-6-12(11)17)14(18)16-13(8-1-2-8)9-3-4-9/h5-9,13,17H,1-4H2,(H,16,18). The van der Waals surface area contributed by atoms with Gasteiger partial charge in [-0.3, -0.25) is 4.79 Å². The molecule has 0 aliphatic heterocycles. The third-order valence-corrected chi connectivity index (χ3v) is 4.07. The number of amides is 1. The van der Waals surface area contributed by atoms with Crippen LogP contribution in [0.5, 0.6) is 5.75 Å². The van der Waals surface area contributed by atoms with E-state index in [-0.39, 0.29) is 16.7 Å². The topological polar surface area (TPSA) is 49.3 Å². The molecule has 1 amide bonds. The number of aromatic hydroxyl groups is 1. The third kappa shape index (κ3) is 2.46. The van der Waals surface area contributed by atoms with E-state index in [1.807, 2.05) is 0 Å². The summed E-state index contributed by atoms with van der Waals surface area (Å²) in [6.07, 6.45) is 4.94. The van der Waals surface area contributed by atoms with Crippen LogP contribution in [0, 0.1) is 11.8 Å². The minimum atomic E-state index is -0.0827. The second-order valence-electron chi connectivity index (χ2n) is 5.34. The Kier molecular flexibility index (Phi) is 2.94. The van der Waals surface area contributed by atoms with E-state index in [9.17, 15) is 9.90 Å². The molecular weight excluding hydrogens is 250 g/mol. The quantitative estimate of drug-likeness (QED) is 0.879. The van der Waals surface area contributed by atoms with Gasteiger partial charge in [-0.15, -0.1) is 0 Å². The van der Waals surface area contributed by atoms with E-state index in [1.54, 1.807) is 6.07 Å². The van der Waals surface area contributed by atoms with Gasteiger partial charge in [0, 0.05) is 11.6 Å². The van der Waals surface area contributed by atoms with Crippen molar-refractivity contribution in [2.24, 2.45) is 11.8 Å². The smallest absolute Gasteiger partial charge is 0.251 e. The molecule has 0 spiro atoms. The number of phenolic OH excluding ortho intramolecular Hbond substituents is 1. The van der Waals surface area contributed by atoms with Crippen LogP contribution in [0.4, 0.5) is 0 Å². The highest BCUT2D eigenvalue weighted by atomic mass is 35.5. The summed E-state index contributed by atoms with van der Waals surface area (Å²) in [6, 6.07) is 4.92. The summed E-state index contributed by atoms with van der Waals surface area (Å²) in [6.45, 7) is 0. The molecule has 3 rings (SSSR count). The molecule has 0 unspecified atom stereocenters. The van der Waals surface area contributed by atoms with Crippen molar-refractivity contribution in [3.63, 3.8) is 0 Å². The van der Waals surface area contributed by atoms with Gasteiger partial charge in [-0.05, 0) is 55.7 Å². The van der Waals surface area contributed by atoms with Crippen LogP contribution < -0.4 is 5.32 Å². The first-order valence-electron chi connectivity index (χ1n) is 6.44. The molecule has 1 aromatic rings. The predicted octanol–water partition coefficient (Wildman–Crippen LogP) is 2.96. The first kappa shape index (κ1) is 11.8. The van der Waals surface area contributed by atoms with Crippen LogP contribution in [0.15, 0.2) is 18.2 Å². The largest absolute Gasteiger partial charge is 0.506 e. The van der Waals surface area contributed by atoms with Gasteiger partial charge >= 0.3 is 0 Å². The van der Waals surface area contributed by atoms with Gasteiger partial charge in [0.25, 0.3) is 5.91 Å². The van der Waals surface area contributed by atoms with Crippen molar-refractivity contribution in [1.82, 2.24) is 5.32 Å². The molecule has 1 aromatic carbocycles. The fourth-order valence-electron chi connectivity index (χ4n) is 2.41. The predicted molar refractivity (Wildman–Crippen MR) is 69.8 cm³/mol. The van der Waals surface area contributed by atoms with Gasteiger partial charge in [-0.25, -0.2) is 0 Å². The van der Waals surface area contributed by atoms with Crippen LogP contribution in [0.1, 0.15) is 36.0 Å². The molecule has 0 saturated heterocycles. The van der Waals surface area contributed by atoms with Crippen molar-refractivity contribution in [3.05, 3.63) is 28.8 Å². The molecule has 0 atom stereocenters. The van der Waals surface area contributed by atoms with Crippen LogP contribution in [0.25, 0.3) is 0 Å². The Balaban J connectivity index is 1.71. The van der Waals surface area contributed by atoms with Gasteiger partial charge in [0.15, 0.2) is 0 Å². The molecule has 2 saturated carbocycles. The lowest BCUT2D eigenvalue weighted by Gasteiger charge is -2.17. The Morgan fingerprint density at radius 1 is 1.28 bits per heavy atom. The van der Waals surface area contributed by atoms with Crippen LogP contribution >= 0.6 is 11.6 Å². The second-order valence-corrected chi connectivity index (χ2v) is 5.75. The minimum absolute atomic E-state index is 0.00847. The SMILES string of the molecule is O=C(NC(C1CC1)C1CC1)c1ccc(O)c(Cl)c1. The zero-order chi connectivity index (χ0) is 12.7. The third-order valence-electron chi connectivity index (χ3n) is 3.77. The van der Waals surface area contributed by atoms with E-state index in [2.05, 4.69) is 5.32 Å². The molecule has 4 heteroatoms. The van der Waals surface area contributed by atoms with E-state index in [0.29, 0.717) is 23.4 Å². The fourth-order valence-corrected chi connectivity index (χ4v) is 2.59. The molecule has 2 N–H and O–H groups in total. The molecule has 96 valence electrons. The molecule has 2 fully saturated rings. The van der Waals surface area contributed by atoms with Crippen molar-refractivity contribution in [2.45, 2.75) is 31.7 Å². The lowest BCUT2D eigenvalue weighted by atomic mass is 10.1. The van der Waals surface area contributed by atoms with Crippen molar-refractivity contribution >= 4 is 17.5 Å². The summed E-state index contributed by atoms with van der Waals surface area (Å²) in [4.78, 5) is 12.1. The molecule has 2 aliphatic rings. The molecule has 2 aliphatic carbocycles.